The largest absolute Gasteiger partial charge is 0.351 e. The Morgan fingerprint density at radius 1 is 1.28 bits per heavy atom. The zero-order valence-corrected chi connectivity index (χ0v) is 14.9. The van der Waals surface area contributed by atoms with Gasteiger partial charge in [0, 0.05) is 38.0 Å². The molecule has 1 aliphatic heterocycles. The van der Waals surface area contributed by atoms with Crippen LogP contribution in [0.4, 0.5) is 4.39 Å². The molecule has 0 radical (unpaired) electrons. The highest BCUT2D eigenvalue weighted by Crippen LogP contribution is 2.41. The van der Waals surface area contributed by atoms with Crippen molar-refractivity contribution >= 4 is 11.8 Å². The van der Waals surface area contributed by atoms with Crippen molar-refractivity contribution in [2.75, 3.05) is 26.7 Å². The van der Waals surface area contributed by atoms with E-state index in [1.54, 1.807) is 18.2 Å². The molecule has 1 N–H and O–H groups in total. The van der Waals surface area contributed by atoms with E-state index < -0.39 is 0 Å². The van der Waals surface area contributed by atoms with Gasteiger partial charge in [-0.15, -0.1) is 0 Å². The fourth-order valence-corrected chi connectivity index (χ4v) is 3.75. The van der Waals surface area contributed by atoms with Gasteiger partial charge in [0.15, 0.2) is 0 Å². The van der Waals surface area contributed by atoms with Gasteiger partial charge in [0.1, 0.15) is 5.82 Å². The van der Waals surface area contributed by atoms with Crippen molar-refractivity contribution in [3.8, 4) is 0 Å². The van der Waals surface area contributed by atoms with Crippen molar-refractivity contribution in [1.82, 2.24) is 15.1 Å². The van der Waals surface area contributed by atoms with Crippen molar-refractivity contribution in [3.05, 3.63) is 35.6 Å². The first kappa shape index (κ1) is 17.9. The Balaban J connectivity index is 1.55. The Morgan fingerprint density at radius 2 is 2.00 bits per heavy atom. The number of carbonyl (C=O) groups excluding carboxylic acids is 2. The van der Waals surface area contributed by atoms with Crippen molar-refractivity contribution in [2.24, 2.45) is 11.8 Å². The van der Waals surface area contributed by atoms with Crippen LogP contribution < -0.4 is 5.32 Å². The lowest BCUT2D eigenvalue weighted by Crippen LogP contribution is -2.41. The summed E-state index contributed by atoms with van der Waals surface area (Å²) in [6.07, 6.45) is 2.38. The van der Waals surface area contributed by atoms with Gasteiger partial charge in [-0.2, -0.15) is 0 Å². The molecule has 0 unspecified atom stereocenters. The number of carbonyl (C=O) groups is 2. The molecule has 1 aliphatic carbocycles. The normalized spacial score (nSPS) is 23.1. The molecule has 1 aromatic rings. The van der Waals surface area contributed by atoms with E-state index in [0.717, 1.165) is 0 Å². The van der Waals surface area contributed by atoms with E-state index in [4.69, 9.17) is 0 Å². The molecule has 1 heterocycles. The number of benzene rings is 1. The third-order valence-electron chi connectivity index (χ3n) is 5.14. The second-order valence-corrected chi connectivity index (χ2v) is 7.37. The number of halogens is 1. The number of hydrogen-bond acceptors (Lipinski definition) is 3. The smallest absolute Gasteiger partial charge is 0.236 e. The predicted molar refractivity (Wildman–Crippen MR) is 93.1 cm³/mol. The number of nitrogens with one attached hydrogen (secondary N) is 1. The van der Waals surface area contributed by atoms with Crippen LogP contribution in [0.1, 0.15) is 25.3 Å². The topological polar surface area (TPSA) is 52.7 Å². The van der Waals surface area contributed by atoms with Crippen LogP contribution in [-0.2, 0) is 16.1 Å². The van der Waals surface area contributed by atoms with Crippen LogP contribution in [0.25, 0.3) is 0 Å². The summed E-state index contributed by atoms with van der Waals surface area (Å²) in [5.41, 5.74) is 0.589. The Hall–Kier alpha value is -1.95. The number of likely N-dealkylation sites (tertiary alicyclic amines) is 1. The first-order valence-corrected chi connectivity index (χ1v) is 8.91. The maximum atomic E-state index is 13.7. The summed E-state index contributed by atoms with van der Waals surface area (Å²) < 4.78 is 13.7. The average molecular weight is 347 g/mol. The second kappa shape index (κ2) is 7.52. The minimum absolute atomic E-state index is 0.0392. The zero-order chi connectivity index (χ0) is 18.0. The molecule has 2 aliphatic rings. The number of rotatable bonds is 6. The van der Waals surface area contributed by atoms with E-state index in [1.807, 2.05) is 16.8 Å². The van der Waals surface area contributed by atoms with Gasteiger partial charge in [-0.25, -0.2) is 4.39 Å². The van der Waals surface area contributed by atoms with Gasteiger partial charge in [0.25, 0.3) is 0 Å². The van der Waals surface area contributed by atoms with Crippen LogP contribution in [0.3, 0.4) is 0 Å². The first-order chi connectivity index (χ1) is 11.9. The van der Waals surface area contributed by atoms with Gasteiger partial charge < -0.3 is 10.2 Å². The summed E-state index contributed by atoms with van der Waals surface area (Å²) in [5, 5.41) is 3.00. The maximum absolute atomic E-state index is 13.7. The first-order valence-electron chi connectivity index (χ1n) is 8.91. The molecule has 1 saturated carbocycles. The van der Waals surface area contributed by atoms with Gasteiger partial charge in [0.05, 0.1) is 12.6 Å². The molecule has 1 saturated heterocycles. The molecule has 1 aromatic carbocycles. The Bertz CT molecular complexity index is 647. The standard InChI is InChI=1S/C19H26FN3O2/c1-13(24)21-18-11-23(10-16(18)14-7-8-14)19(25)12-22(2)9-15-5-3-4-6-17(15)20/h3-6,14,16,18H,7-12H2,1-2H3,(H,21,24)/t16-,18+/m1/s1. The van der Waals surface area contributed by atoms with Crippen LogP contribution >= 0.6 is 0 Å². The molecule has 0 aromatic heterocycles. The zero-order valence-electron chi connectivity index (χ0n) is 14.9. The van der Waals surface area contributed by atoms with Gasteiger partial charge in [-0.05, 0) is 31.9 Å². The number of amides is 2. The Kier molecular flexibility index (Phi) is 5.37. The van der Waals surface area contributed by atoms with Gasteiger partial charge in [-0.3, -0.25) is 14.5 Å². The summed E-state index contributed by atoms with van der Waals surface area (Å²) in [7, 11) is 1.82. The third kappa shape index (κ3) is 4.57. The SMILES string of the molecule is CC(=O)N[C@H]1CN(C(=O)CN(C)Cc2ccccc2F)C[C@@H]1C1CC1. The molecule has 2 fully saturated rings. The summed E-state index contributed by atoms with van der Waals surface area (Å²) in [4.78, 5) is 27.7. The fourth-order valence-electron chi connectivity index (χ4n) is 3.75. The van der Waals surface area contributed by atoms with Gasteiger partial charge in [0.2, 0.25) is 11.8 Å². The van der Waals surface area contributed by atoms with E-state index >= 15 is 0 Å². The van der Waals surface area contributed by atoms with E-state index in [1.165, 1.54) is 25.8 Å². The number of nitrogens with zero attached hydrogens (tertiary/aromatic N) is 2. The lowest BCUT2D eigenvalue weighted by Gasteiger charge is -2.22. The fraction of sp³-hybridized carbons (Fsp3) is 0.579. The summed E-state index contributed by atoms with van der Waals surface area (Å²) in [5.74, 6) is 0.747. The van der Waals surface area contributed by atoms with Crippen molar-refractivity contribution < 1.29 is 14.0 Å². The monoisotopic (exact) mass is 347 g/mol. The second-order valence-electron chi connectivity index (χ2n) is 7.37. The predicted octanol–water partition coefficient (Wildman–Crippen LogP) is 1.63. The quantitative estimate of drug-likeness (QED) is 0.851. The average Bonchev–Trinajstić information content (AvgIpc) is 3.30. The third-order valence-corrected chi connectivity index (χ3v) is 5.14. The molecule has 5 nitrogen and oxygen atoms in total. The summed E-state index contributed by atoms with van der Waals surface area (Å²) in [6, 6.07) is 6.69. The maximum Gasteiger partial charge on any atom is 0.236 e. The van der Waals surface area contributed by atoms with Crippen molar-refractivity contribution in [3.63, 3.8) is 0 Å². The van der Waals surface area contributed by atoms with Crippen molar-refractivity contribution in [2.45, 2.75) is 32.4 Å². The van der Waals surface area contributed by atoms with Crippen LogP contribution in [0.2, 0.25) is 0 Å². The molecule has 0 bridgehead atoms. The van der Waals surface area contributed by atoms with E-state index in [2.05, 4.69) is 5.32 Å². The van der Waals surface area contributed by atoms with Crippen LogP contribution in [0.15, 0.2) is 24.3 Å². The number of likely N-dealkylation sites (N-methyl/N-ethyl adjacent to an activating group) is 1. The highest BCUT2D eigenvalue weighted by Gasteiger charge is 2.44. The Labute approximate surface area is 148 Å². The van der Waals surface area contributed by atoms with Crippen LogP contribution in [-0.4, -0.2) is 54.3 Å². The van der Waals surface area contributed by atoms with Gasteiger partial charge in [-0.1, -0.05) is 18.2 Å². The molecular weight excluding hydrogens is 321 g/mol. The highest BCUT2D eigenvalue weighted by molar-refractivity contribution is 5.79. The molecule has 2 atom stereocenters. The lowest BCUT2D eigenvalue weighted by molar-refractivity contribution is -0.131. The molecule has 6 heteroatoms. The Morgan fingerprint density at radius 3 is 2.64 bits per heavy atom. The molecular formula is C19H26FN3O2. The van der Waals surface area contributed by atoms with Gasteiger partial charge >= 0.3 is 0 Å². The molecule has 2 amide bonds. The van der Waals surface area contributed by atoms with E-state index in [0.29, 0.717) is 37.0 Å². The highest BCUT2D eigenvalue weighted by atomic mass is 19.1. The minimum Gasteiger partial charge on any atom is -0.351 e. The van der Waals surface area contributed by atoms with E-state index in [-0.39, 0.29) is 30.2 Å². The molecule has 0 spiro atoms. The lowest BCUT2D eigenvalue weighted by atomic mass is 9.98. The minimum atomic E-state index is -0.248. The number of hydrogen-bond donors (Lipinski definition) is 1. The summed E-state index contributed by atoms with van der Waals surface area (Å²) >= 11 is 0. The molecule has 136 valence electrons. The molecule has 25 heavy (non-hydrogen) atoms. The summed E-state index contributed by atoms with van der Waals surface area (Å²) in [6.45, 7) is 3.46. The van der Waals surface area contributed by atoms with Crippen LogP contribution in [0, 0.1) is 17.7 Å². The van der Waals surface area contributed by atoms with Crippen molar-refractivity contribution in [1.29, 1.82) is 0 Å². The molecule has 3 rings (SSSR count). The van der Waals surface area contributed by atoms with Crippen LogP contribution in [0.5, 0.6) is 0 Å². The van der Waals surface area contributed by atoms with E-state index in [9.17, 15) is 14.0 Å².